The largest absolute Gasteiger partial charge is 0.387 e. The monoisotopic (exact) mass is 431 g/mol. The molecule has 4 fully saturated rings. The summed E-state index contributed by atoms with van der Waals surface area (Å²) in [6.07, 6.45) is 15.5. The lowest BCUT2D eigenvalue weighted by atomic mass is 9.44. The summed E-state index contributed by atoms with van der Waals surface area (Å²) in [5.41, 5.74) is 1.80. The minimum absolute atomic E-state index is 0.134. The first kappa shape index (κ1) is 23.2. The van der Waals surface area contributed by atoms with Crippen molar-refractivity contribution in [3.63, 3.8) is 0 Å². The van der Waals surface area contributed by atoms with E-state index in [1.54, 1.807) is 0 Å². The van der Waals surface area contributed by atoms with E-state index in [1.807, 2.05) is 0 Å². The van der Waals surface area contributed by atoms with E-state index in [1.165, 1.54) is 70.6 Å². The molecule has 4 aliphatic carbocycles. The number of hydrogen-bond donors (Lipinski definition) is 1. The summed E-state index contributed by atoms with van der Waals surface area (Å²) in [7, 11) is 0. The van der Waals surface area contributed by atoms with E-state index in [0.717, 1.165) is 29.9 Å². The summed E-state index contributed by atoms with van der Waals surface area (Å²) in [5.74, 6) is 4.67. The van der Waals surface area contributed by atoms with Gasteiger partial charge in [0.05, 0.1) is 10.8 Å². The van der Waals surface area contributed by atoms with E-state index < -0.39 is 0 Å². The summed E-state index contributed by atoms with van der Waals surface area (Å²) in [4.78, 5) is 11.6. The van der Waals surface area contributed by atoms with Crippen molar-refractivity contribution in [3.8, 4) is 0 Å². The third-order valence-electron chi connectivity index (χ3n) is 10.8. The van der Waals surface area contributed by atoms with E-state index >= 15 is 0 Å². The molecule has 1 N–H and O–H groups in total. The van der Waals surface area contributed by atoms with Crippen molar-refractivity contribution in [2.75, 3.05) is 0 Å². The molecule has 0 heterocycles. The van der Waals surface area contributed by atoms with Gasteiger partial charge in [-0.1, -0.05) is 66.7 Å². The van der Waals surface area contributed by atoms with E-state index in [2.05, 4.69) is 39.7 Å². The molecule has 8 atom stereocenters. The van der Waals surface area contributed by atoms with Crippen molar-refractivity contribution in [2.45, 2.75) is 112 Å². The van der Waals surface area contributed by atoms with Crippen molar-refractivity contribution in [1.29, 1.82) is 0 Å². The first-order valence-electron chi connectivity index (χ1n) is 13.4. The van der Waals surface area contributed by atoms with Crippen LogP contribution >= 0.6 is 0 Å². The molecular formula is C27H47N2O2+. The van der Waals surface area contributed by atoms with Gasteiger partial charge in [0.25, 0.3) is 0 Å². The minimum atomic E-state index is -0.134. The number of hydrazone groups is 1. The van der Waals surface area contributed by atoms with Gasteiger partial charge < -0.3 is 0 Å². The fraction of sp³-hybridized carbons (Fsp3) is 0.963. The lowest BCUT2D eigenvalue weighted by Gasteiger charge is -2.60. The van der Waals surface area contributed by atoms with Crippen molar-refractivity contribution >= 4 is 5.71 Å². The molecule has 0 aromatic heterocycles. The number of nitrogens with zero attached hydrogens (tertiary/aromatic N) is 2. The molecule has 31 heavy (non-hydrogen) atoms. The van der Waals surface area contributed by atoms with Crippen LogP contribution in [0.1, 0.15) is 112 Å². The SMILES string of the molecule is CC(C)CCC[C@@H](C)C1CCC2C3/C(=N\[N+](=O)O)C[C@H]4CCCCC4(C)C3CCC21C. The highest BCUT2D eigenvalue weighted by Gasteiger charge is 2.62. The van der Waals surface area contributed by atoms with Crippen LogP contribution in [-0.2, 0) is 0 Å². The molecule has 0 bridgehead atoms. The van der Waals surface area contributed by atoms with Crippen molar-refractivity contribution in [1.82, 2.24) is 0 Å². The van der Waals surface area contributed by atoms with Crippen LogP contribution in [0.25, 0.3) is 0 Å². The van der Waals surface area contributed by atoms with Crippen LogP contribution in [-0.4, -0.2) is 16.0 Å². The zero-order valence-corrected chi connectivity index (χ0v) is 20.8. The first-order valence-corrected chi connectivity index (χ1v) is 13.4. The van der Waals surface area contributed by atoms with Gasteiger partial charge in [0.1, 0.15) is 4.91 Å². The van der Waals surface area contributed by atoms with Gasteiger partial charge in [-0.3, -0.25) is 0 Å². The van der Waals surface area contributed by atoms with E-state index in [4.69, 9.17) is 0 Å². The number of rotatable bonds is 6. The molecule has 4 aliphatic rings. The summed E-state index contributed by atoms with van der Waals surface area (Å²) in [6, 6.07) is 0. The van der Waals surface area contributed by atoms with Crippen LogP contribution in [0, 0.1) is 57.2 Å². The Bertz CT molecular complexity index is 703. The summed E-state index contributed by atoms with van der Waals surface area (Å²) < 4.78 is 0. The highest BCUT2D eigenvalue weighted by Crippen LogP contribution is 2.67. The Balaban J connectivity index is 1.60. The third kappa shape index (κ3) is 4.10. The average molecular weight is 432 g/mol. The van der Waals surface area contributed by atoms with Crippen molar-refractivity contribution in [3.05, 3.63) is 4.91 Å². The fourth-order valence-corrected chi connectivity index (χ4v) is 9.23. The molecule has 0 aromatic carbocycles. The fourth-order valence-electron chi connectivity index (χ4n) is 9.23. The van der Waals surface area contributed by atoms with E-state index in [-0.39, 0.29) is 5.03 Å². The van der Waals surface area contributed by atoms with Crippen LogP contribution < -0.4 is 0 Å². The van der Waals surface area contributed by atoms with E-state index in [0.29, 0.717) is 34.5 Å². The second-order valence-corrected chi connectivity index (χ2v) is 12.8. The molecule has 176 valence electrons. The van der Waals surface area contributed by atoms with Crippen LogP contribution in [0.4, 0.5) is 0 Å². The molecular weight excluding hydrogens is 384 g/mol. The normalized spacial score (nSPS) is 44.6. The maximum absolute atomic E-state index is 11.6. The average Bonchev–Trinajstić information content (AvgIpc) is 3.04. The van der Waals surface area contributed by atoms with Gasteiger partial charge >= 0.3 is 5.03 Å². The zero-order chi connectivity index (χ0) is 22.4. The molecule has 4 saturated carbocycles. The molecule has 4 nitrogen and oxygen atoms in total. The van der Waals surface area contributed by atoms with Gasteiger partial charge in [0, 0.05) is 5.92 Å². The maximum Gasteiger partial charge on any atom is 0.387 e. The lowest BCUT2D eigenvalue weighted by molar-refractivity contribution is -0.796. The second kappa shape index (κ2) is 8.78. The molecule has 0 aliphatic heterocycles. The quantitative estimate of drug-likeness (QED) is 0.439. The Hall–Kier alpha value is -0.930. The van der Waals surface area contributed by atoms with Gasteiger partial charge in [0.2, 0.25) is 0 Å². The van der Waals surface area contributed by atoms with Crippen LogP contribution in [0.5, 0.6) is 0 Å². The van der Waals surface area contributed by atoms with Gasteiger partial charge in [-0.15, -0.1) is 0 Å². The Morgan fingerprint density at radius 3 is 2.45 bits per heavy atom. The van der Waals surface area contributed by atoms with Gasteiger partial charge in [-0.25, -0.2) is 5.21 Å². The van der Waals surface area contributed by atoms with Crippen molar-refractivity contribution in [2.24, 2.45) is 57.4 Å². The minimum Gasteiger partial charge on any atom is -0.217 e. The second-order valence-electron chi connectivity index (χ2n) is 12.8. The summed E-state index contributed by atoms with van der Waals surface area (Å²) in [6.45, 7) is 12.3. The molecule has 0 saturated heterocycles. The highest BCUT2D eigenvalue weighted by atomic mass is 16.7. The Labute approximate surface area is 190 Å². The summed E-state index contributed by atoms with van der Waals surface area (Å²) >= 11 is 0. The van der Waals surface area contributed by atoms with Gasteiger partial charge in [-0.2, -0.15) is 0 Å². The van der Waals surface area contributed by atoms with E-state index in [9.17, 15) is 10.1 Å². The first-order chi connectivity index (χ1) is 14.7. The molecule has 0 aromatic rings. The molecule has 0 spiro atoms. The lowest BCUT2D eigenvalue weighted by Crippen LogP contribution is -2.56. The Morgan fingerprint density at radius 1 is 1.00 bits per heavy atom. The third-order valence-corrected chi connectivity index (χ3v) is 10.8. The smallest absolute Gasteiger partial charge is 0.217 e. The number of hydrogen-bond acceptors (Lipinski definition) is 1. The van der Waals surface area contributed by atoms with Crippen molar-refractivity contribution < 1.29 is 10.2 Å². The Morgan fingerprint density at radius 2 is 1.74 bits per heavy atom. The molecule has 6 unspecified atom stereocenters. The predicted octanol–water partition coefficient (Wildman–Crippen LogP) is 7.63. The van der Waals surface area contributed by atoms with Crippen LogP contribution in [0.15, 0.2) is 5.10 Å². The molecule has 0 amide bonds. The molecule has 4 rings (SSSR count). The highest BCUT2D eigenvalue weighted by molar-refractivity contribution is 5.88. The molecule has 4 heteroatoms. The van der Waals surface area contributed by atoms with Gasteiger partial charge in [0.15, 0.2) is 0 Å². The Kier molecular flexibility index (Phi) is 6.58. The van der Waals surface area contributed by atoms with Gasteiger partial charge in [-0.05, 0) is 91.3 Å². The predicted molar refractivity (Wildman–Crippen MR) is 126 cm³/mol. The number of fused-ring (bicyclic) bond motifs is 5. The standard InChI is InChI=1S/C27H47N2O2/c1-18(2)9-8-10-19(3)21-12-13-22-25-23(14-16-27(21,22)5)26(4)15-7-6-11-20(26)17-24(25)28-29(30)31/h18-23,25H,6-17H2,1-5H3,(H,30,31)/q+1/b28-24-/t19-,20-,21?,22?,23?,25?,26?,27?/m1/s1. The van der Waals surface area contributed by atoms with Crippen LogP contribution in [0.3, 0.4) is 0 Å². The maximum atomic E-state index is 11.6. The zero-order valence-electron chi connectivity index (χ0n) is 20.8. The topological polar surface area (TPSA) is 52.7 Å². The van der Waals surface area contributed by atoms with Crippen LogP contribution in [0.2, 0.25) is 0 Å². The summed E-state index contributed by atoms with van der Waals surface area (Å²) in [5, 5.41) is 13.6. The molecule has 0 radical (unpaired) electrons.